The minimum absolute atomic E-state index is 0.190. The van der Waals surface area contributed by atoms with E-state index in [1.807, 2.05) is 66.7 Å². The second-order valence-electron chi connectivity index (χ2n) is 8.02. The van der Waals surface area contributed by atoms with Gasteiger partial charge in [0.25, 0.3) is 5.91 Å². The van der Waals surface area contributed by atoms with Crippen molar-refractivity contribution in [3.8, 4) is 0 Å². The number of amides is 1. The van der Waals surface area contributed by atoms with Crippen LogP contribution in [0.3, 0.4) is 0 Å². The van der Waals surface area contributed by atoms with E-state index in [1.54, 1.807) is 24.7 Å². The Balaban J connectivity index is 1.41. The van der Waals surface area contributed by atoms with Crippen LogP contribution in [-0.4, -0.2) is 32.3 Å². The molecule has 0 aliphatic heterocycles. The standard InChI is InChI=1S/C27H28N6O/c28-14-13-21-7-10-23(11-8-21)32-27(34)22-9-12-26(31-17-22)20-33(18-24-5-1-3-15-29-24)19-25-6-2-4-16-30-25/h1-12,15-17H,13-14,18-20,28H2,(H,32,34). The average Bonchev–Trinajstić information content (AvgIpc) is 2.87. The molecule has 0 bridgehead atoms. The van der Waals surface area contributed by atoms with Crippen molar-refractivity contribution in [2.24, 2.45) is 5.73 Å². The van der Waals surface area contributed by atoms with E-state index in [1.165, 1.54) is 0 Å². The van der Waals surface area contributed by atoms with Gasteiger partial charge in [0, 0.05) is 43.9 Å². The molecule has 34 heavy (non-hydrogen) atoms. The van der Waals surface area contributed by atoms with E-state index >= 15 is 0 Å². The van der Waals surface area contributed by atoms with Crippen molar-refractivity contribution in [3.63, 3.8) is 0 Å². The summed E-state index contributed by atoms with van der Waals surface area (Å²) in [5.74, 6) is -0.190. The highest BCUT2D eigenvalue weighted by atomic mass is 16.1. The average molecular weight is 453 g/mol. The summed E-state index contributed by atoms with van der Waals surface area (Å²) in [5.41, 5.74) is 10.8. The number of carbonyl (C=O) groups excluding carboxylic acids is 1. The lowest BCUT2D eigenvalue weighted by atomic mass is 10.1. The second-order valence-corrected chi connectivity index (χ2v) is 8.02. The van der Waals surface area contributed by atoms with Crippen LogP contribution < -0.4 is 11.1 Å². The van der Waals surface area contributed by atoms with E-state index in [4.69, 9.17) is 5.73 Å². The molecule has 0 unspecified atom stereocenters. The smallest absolute Gasteiger partial charge is 0.257 e. The van der Waals surface area contributed by atoms with Crippen LogP contribution in [0.5, 0.6) is 0 Å². The predicted molar refractivity (Wildman–Crippen MR) is 133 cm³/mol. The summed E-state index contributed by atoms with van der Waals surface area (Å²) in [7, 11) is 0. The molecule has 3 aromatic heterocycles. The van der Waals surface area contributed by atoms with Crippen molar-refractivity contribution in [3.05, 3.63) is 120 Å². The number of anilines is 1. The molecule has 0 atom stereocenters. The first-order valence-electron chi connectivity index (χ1n) is 11.3. The molecule has 0 spiro atoms. The number of hydrogen-bond donors (Lipinski definition) is 2. The highest BCUT2D eigenvalue weighted by molar-refractivity contribution is 6.04. The van der Waals surface area contributed by atoms with E-state index in [-0.39, 0.29) is 5.91 Å². The third-order valence-electron chi connectivity index (χ3n) is 5.34. The number of pyridine rings is 3. The van der Waals surface area contributed by atoms with Crippen molar-refractivity contribution in [2.75, 3.05) is 11.9 Å². The summed E-state index contributed by atoms with van der Waals surface area (Å²) in [5, 5.41) is 2.92. The SMILES string of the molecule is NCCc1ccc(NC(=O)c2ccc(CN(Cc3ccccn3)Cc3ccccn3)nc2)cc1. The Labute approximate surface area is 199 Å². The summed E-state index contributed by atoms with van der Waals surface area (Å²) in [6, 6.07) is 23.2. The lowest BCUT2D eigenvalue weighted by Crippen LogP contribution is -2.24. The molecule has 1 amide bonds. The van der Waals surface area contributed by atoms with Gasteiger partial charge in [-0.25, -0.2) is 0 Å². The van der Waals surface area contributed by atoms with Crippen LogP contribution in [0.25, 0.3) is 0 Å². The number of nitrogens with zero attached hydrogens (tertiary/aromatic N) is 4. The number of carbonyl (C=O) groups is 1. The lowest BCUT2D eigenvalue weighted by molar-refractivity contribution is 0.102. The summed E-state index contributed by atoms with van der Waals surface area (Å²) in [6.07, 6.45) is 6.03. The van der Waals surface area contributed by atoms with Crippen molar-refractivity contribution in [2.45, 2.75) is 26.1 Å². The van der Waals surface area contributed by atoms with Gasteiger partial charge in [-0.2, -0.15) is 0 Å². The monoisotopic (exact) mass is 452 g/mol. The van der Waals surface area contributed by atoms with Gasteiger partial charge in [0.1, 0.15) is 0 Å². The van der Waals surface area contributed by atoms with Gasteiger partial charge in [0.15, 0.2) is 0 Å². The van der Waals surface area contributed by atoms with E-state index in [2.05, 4.69) is 25.2 Å². The zero-order valence-electron chi connectivity index (χ0n) is 19.0. The Morgan fingerprint density at radius 3 is 1.88 bits per heavy atom. The summed E-state index contributed by atoms with van der Waals surface area (Å²) < 4.78 is 0. The normalized spacial score (nSPS) is 10.9. The maximum absolute atomic E-state index is 12.6. The third kappa shape index (κ3) is 6.78. The van der Waals surface area contributed by atoms with Gasteiger partial charge < -0.3 is 11.1 Å². The number of aromatic nitrogens is 3. The van der Waals surface area contributed by atoms with E-state index in [0.29, 0.717) is 31.7 Å². The minimum atomic E-state index is -0.190. The van der Waals surface area contributed by atoms with Gasteiger partial charge in [0.05, 0.1) is 22.6 Å². The van der Waals surface area contributed by atoms with E-state index in [9.17, 15) is 4.79 Å². The third-order valence-corrected chi connectivity index (χ3v) is 5.34. The quantitative estimate of drug-likeness (QED) is 0.380. The van der Waals surface area contributed by atoms with Crippen molar-refractivity contribution in [1.82, 2.24) is 19.9 Å². The van der Waals surface area contributed by atoms with Crippen LogP contribution in [0.4, 0.5) is 5.69 Å². The molecule has 0 fully saturated rings. The zero-order valence-corrected chi connectivity index (χ0v) is 19.0. The molecule has 7 nitrogen and oxygen atoms in total. The van der Waals surface area contributed by atoms with Crippen molar-refractivity contribution >= 4 is 11.6 Å². The molecule has 0 saturated heterocycles. The highest BCUT2D eigenvalue weighted by Crippen LogP contribution is 2.14. The largest absolute Gasteiger partial charge is 0.330 e. The maximum atomic E-state index is 12.6. The van der Waals surface area contributed by atoms with Crippen LogP contribution in [0.1, 0.15) is 33.0 Å². The van der Waals surface area contributed by atoms with Crippen molar-refractivity contribution < 1.29 is 4.79 Å². The number of benzene rings is 1. The van der Waals surface area contributed by atoms with E-state index < -0.39 is 0 Å². The first-order chi connectivity index (χ1) is 16.7. The first kappa shape index (κ1) is 23.2. The molecular formula is C27H28N6O. The fourth-order valence-electron chi connectivity index (χ4n) is 3.62. The lowest BCUT2D eigenvalue weighted by Gasteiger charge is -2.21. The van der Waals surface area contributed by atoms with Crippen LogP contribution in [0, 0.1) is 0 Å². The second kappa shape index (κ2) is 11.8. The van der Waals surface area contributed by atoms with Crippen LogP contribution >= 0.6 is 0 Å². The number of rotatable bonds is 10. The predicted octanol–water partition coefficient (Wildman–Crippen LogP) is 3.83. The molecule has 0 aliphatic rings. The Morgan fingerprint density at radius 2 is 1.38 bits per heavy atom. The zero-order chi connectivity index (χ0) is 23.6. The molecule has 172 valence electrons. The van der Waals surface area contributed by atoms with Gasteiger partial charge in [-0.15, -0.1) is 0 Å². The molecule has 4 rings (SSSR count). The molecule has 7 heteroatoms. The Bertz CT molecular complexity index is 1120. The maximum Gasteiger partial charge on any atom is 0.257 e. The fraction of sp³-hybridized carbons (Fsp3) is 0.185. The van der Waals surface area contributed by atoms with Crippen LogP contribution in [0.15, 0.2) is 91.4 Å². The topological polar surface area (TPSA) is 97.0 Å². The van der Waals surface area contributed by atoms with E-state index in [0.717, 1.165) is 34.8 Å². The number of hydrogen-bond acceptors (Lipinski definition) is 6. The molecule has 1 aromatic carbocycles. The number of nitrogens with two attached hydrogens (primary N) is 1. The van der Waals surface area contributed by atoms with Crippen LogP contribution in [-0.2, 0) is 26.1 Å². The van der Waals surface area contributed by atoms with Gasteiger partial charge in [-0.3, -0.25) is 24.6 Å². The summed E-state index contributed by atoms with van der Waals surface area (Å²) >= 11 is 0. The molecular weight excluding hydrogens is 424 g/mol. The molecule has 0 aliphatic carbocycles. The molecule has 3 heterocycles. The molecule has 0 saturated carbocycles. The van der Waals surface area contributed by atoms with Crippen molar-refractivity contribution in [1.29, 1.82) is 0 Å². The molecule has 4 aromatic rings. The van der Waals surface area contributed by atoms with Gasteiger partial charge in [-0.05, 0) is 67.1 Å². The first-order valence-corrected chi connectivity index (χ1v) is 11.3. The highest BCUT2D eigenvalue weighted by Gasteiger charge is 2.12. The molecule has 3 N–H and O–H groups in total. The Morgan fingerprint density at radius 1 is 0.765 bits per heavy atom. The summed E-state index contributed by atoms with van der Waals surface area (Å²) in [4.78, 5) is 28.3. The Kier molecular flexibility index (Phi) is 8.05. The van der Waals surface area contributed by atoms with Gasteiger partial charge >= 0.3 is 0 Å². The Hall–Kier alpha value is -3.94. The number of nitrogens with one attached hydrogen (secondary N) is 1. The van der Waals surface area contributed by atoms with Crippen LogP contribution in [0.2, 0.25) is 0 Å². The summed E-state index contributed by atoms with van der Waals surface area (Å²) in [6.45, 7) is 2.55. The minimum Gasteiger partial charge on any atom is -0.330 e. The fourth-order valence-corrected chi connectivity index (χ4v) is 3.62. The molecule has 0 radical (unpaired) electrons. The van der Waals surface area contributed by atoms with Gasteiger partial charge in [-0.1, -0.05) is 24.3 Å². The van der Waals surface area contributed by atoms with Gasteiger partial charge in [0.2, 0.25) is 0 Å².